The second-order valence-electron chi connectivity index (χ2n) is 0.968. The molecule has 0 amide bonds. The Bertz CT molecular complexity index is 61.8. The molecular weight excluding hydrogens is 208 g/mol. The third-order valence-electron chi connectivity index (χ3n) is 0.396. The van der Waals surface area contributed by atoms with Gasteiger partial charge in [0, 0.05) is 11.0 Å². The molecule has 2 N–H and O–H groups in total. The fraction of sp³-hybridized carbons (Fsp3) is 0.333. The second-order valence-corrected chi connectivity index (χ2v) is 6.84. The molecule has 0 bridgehead atoms. The van der Waals surface area contributed by atoms with E-state index >= 15 is 0 Å². The Morgan fingerprint density at radius 1 is 2.00 bits per heavy atom. The van der Waals surface area contributed by atoms with E-state index in [0.29, 0.717) is 0 Å². The lowest BCUT2D eigenvalue weighted by Gasteiger charge is -1.96. The molecule has 0 saturated heterocycles. The summed E-state index contributed by atoms with van der Waals surface area (Å²) in [5.74, 6) is 0. The molecule has 0 rings (SSSR count). The smallest absolute Gasteiger partial charge is 0.0346 e. The fourth-order valence-corrected chi connectivity index (χ4v) is 0. The first-order valence-electron chi connectivity index (χ1n) is 1.48. The minimum Gasteiger partial charge on any atom is -0.398 e. The van der Waals surface area contributed by atoms with Gasteiger partial charge in [0.1, 0.15) is 0 Å². The van der Waals surface area contributed by atoms with E-state index in [-0.39, 0.29) is 5.56 Å². The summed E-state index contributed by atoms with van der Waals surface area (Å²) in [5, 5.41) is 0. The second kappa shape index (κ2) is 2.80. The average molecular weight is 215 g/mol. The molecule has 1 nitrogen and oxygen atoms in total. The lowest BCUT2D eigenvalue weighted by atomic mass is 11.1. The van der Waals surface area contributed by atoms with Crippen LogP contribution in [0.25, 0.3) is 0 Å². The zero-order valence-corrected chi connectivity index (χ0v) is 6.66. The zero-order chi connectivity index (χ0) is 5.15. The lowest BCUT2D eigenvalue weighted by molar-refractivity contribution is 1.57. The molecule has 0 radical (unpaired) electrons. The first kappa shape index (κ1) is 6.70. The third kappa shape index (κ3) is 2.91. The summed E-state index contributed by atoms with van der Waals surface area (Å²) in [6.07, 6.45) is 0. The van der Waals surface area contributed by atoms with Crippen LogP contribution < -0.4 is 5.73 Å². The highest BCUT2D eigenvalue weighted by molar-refractivity contribution is 14.2. The summed E-state index contributed by atoms with van der Waals surface area (Å²) in [6, 6.07) is 0. The van der Waals surface area contributed by atoms with Crippen LogP contribution in [0.15, 0.2) is 12.0 Å². The Labute approximate surface area is 52.2 Å². The van der Waals surface area contributed by atoms with E-state index in [1.54, 1.807) is 0 Å². The summed E-state index contributed by atoms with van der Waals surface area (Å²) in [7, 11) is 0. The van der Waals surface area contributed by atoms with Gasteiger partial charge < -0.3 is 5.73 Å². The van der Waals surface area contributed by atoms with Gasteiger partial charge in [-0.25, -0.2) is 0 Å². The van der Waals surface area contributed by atoms with Crippen LogP contribution in [-0.2, 0) is 0 Å². The van der Waals surface area contributed by atoms with Gasteiger partial charge in [0.2, 0.25) is 0 Å². The quantitative estimate of drug-likeness (QED) is 0.524. The molecule has 36 valence electrons. The molecule has 1 atom stereocenters. The maximum absolute atomic E-state index is 5.26. The van der Waals surface area contributed by atoms with Crippen molar-refractivity contribution in [3.05, 3.63) is 12.0 Å². The minimum atomic E-state index is -0.106. The van der Waals surface area contributed by atoms with E-state index in [1.165, 1.54) is 0 Å². The number of nitrogens with two attached hydrogens (primary N) is 1. The Morgan fingerprint density at radius 3 is 2.17 bits per heavy atom. The van der Waals surface area contributed by atoms with Crippen molar-refractivity contribution in [1.82, 2.24) is 0 Å². The van der Waals surface area contributed by atoms with Gasteiger partial charge in [0.15, 0.2) is 0 Å². The van der Waals surface area contributed by atoms with Gasteiger partial charge >= 0.3 is 0 Å². The van der Waals surface area contributed by atoms with Crippen molar-refractivity contribution < 1.29 is 0 Å². The number of rotatable bonds is 1. The predicted octanol–water partition coefficient (Wildman–Crippen LogP) is 1.88. The normalized spacial score (nSPS) is 13.7. The molecule has 0 aromatic carbocycles. The van der Waals surface area contributed by atoms with Crippen molar-refractivity contribution in [1.29, 1.82) is 0 Å². The Balaban J connectivity index is 3.26. The molecule has 0 fully saturated rings. The monoisotopic (exact) mass is 215 g/mol. The SMILES string of the molecule is C=C(N)P(C)I. The van der Waals surface area contributed by atoms with Crippen LogP contribution in [0.3, 0.4) is 0 Å². The molecule has 6 heavy (non-hydrogen) atoms. The maximum atomic E-state index is 5.26. The van der Waals surface area contributed by atoms with E-state index in [0.717, 1.165) is 5.44 Å². The summed E-state index contributed by atoms with van der Waals surface area (Å²) < 4.78 is 0. The highest BCUT2D eigenvalue weighted by atomic mass is 127. The molecule has 0 aliphatic heterocycles. The van der Waals surface area contributed by atoms with Gasteiger partial charge in [-0.2, -0.15) is 0 Å². The van der Waals surface area contributed by atoms with Crippen molar-refractivity contribution in [3.8, 4) is 0 Å². The molecule has 1 unspecified atom stereocenters. The van der Waals surface area contributed by atoms with Gasteiger partial charge in [-0.15, -0.1) is 0 Å². The molecule has 3 heteroatoms. The third-order valence-corrected chi connectivity index (χ3v) is 3.05. The van der Waals surface area contributed by atoms with Crippen molar-refractivity contribution in [2.45, 2.75) is 0 Å². The van der Waals surface area contributed by atoms with Crippen molar-refractivity contribution in [3.63, 3.8) is 0 Å². The van der Waals surface area contributed by atoms with Gasteiger partial charge in [0.05, 0.1) is 0 Å². The van der Waals surface area contributed by atoms with Crippen LogP contribution >= 0.6 is 27.6 Å². The predicted molar refractivity (Wildman–Crippen MR) is 40.2 cm³/mol. The van der Waals surface area contributed by atoms with E-state index in [9.17, 15) is 0 Å². The van der Waals surface area contributed by atoms with Gasteiger partial charge in [0.25, 0.3) is 0 Å². The molecule has 0 aliphatic carbocycles. The molecule has 0 spiro atoms. The van der Waals surface area contributed by atoms with Crippen LogP contribution in [0, 0.1) is 0 Å². The van der Waals surface area contributed by atoms with Crippen molar-refractivity contribution in [2.24, 2.45) is 5.73 Å². The van der Waals surface area contributed by atoms with Crippen molar-refractivity contribution in [2.75, 3.05) is 6.66 Å². The Morgan fingerprint density at radius 2 is 2.17 bits per heavy atom. The molecule has 0 heterocycles. The Hall–Kier alpha value is 0.700. The van der Waals surface area contributed by atoms with E-state index < -0.39 is 0 Å². The van der Waals surface area contributed by atoms with Gasteiger partial charge in [-0.3, -0.25) is 0 Å². The molecular formula is C3H7INP. The van der Waals surface area contributed by atoms with Crippen LogP contribution in [-0.4, -0.2) is 6.66 Å². The maximum Gasteiger partial charge on any atom is 0.0346 e. The van der Waals surface area contributed by atoms with Crippen LogP contribution in [0.2, 0.25) is 0 Å². The first-order valence-corrected chi connectivity index (χ1v) is 6.06. The van der Waals surface area contributed by atoms with E-state index in [4.69, 9.17) is 5.73 Å². The summed E-state index contributed by atoms with van der Waals surface area (Å²) in [5.41, 5.74) is 5.97. The highest BCUT2D eigenvalue weighted by Gasteiger charge is 1.90. The number of halogens is 1. The Kier molecular flexibility index (Phi) is 3.13. The molecule has 0 saturated carbocycles. The topological polar surface area (TPSA) is 26.0 Å². The van der Waals surface area contributed by atoms with Crippen molar-refractivity contribution >= 4 is 27.6 Å². The standard InChI is InChI=1S/C3H7INP/c1-3(5)6(2)4/h1,5H2,2H3. The zero-order valence-electron chi connectivity index (χ0n) is 3.61. The largest absolute Gasteiger partial charge is 0.398 e. The molecule has 0 aliphatic rings. The van der Waals surface area contributed by atoms with Gasteiger partial charge in [-0.05, 0) is 28.7 Å². The van der Waals surface area contributed by atoms with E-state index in [2.05, 4.69) is 35.3 Å². The fourth-order valence-electron chi connectivity index (χ4n) is 0. The van der Waals surface area contributed by atoms with E-state index in [1.807, 2.05) is 0 Å². The average Bonchev–Trinajstić information content (AvgIpc) is 1.36. The molecule has 0 aromatic rings. The van der Waals surface area contributed by atoms with Gasteiger partial charge in [-0.1, -0.05) is 6.58 Å². The van der Waals surface area contributed by atoms with Crippen LogP contribution in [0.4, 0.5) is 0 Å². The minimum absolute atomic E-state index is 0.106. The highest BCUT2D eigenvalue weighted by Crippen LogP contribution is 2.44. The number of hydrogen-bond acceptors (Lipinski definition) is 1. The first-order chi connectivity index (χ1) is 2.64. The summed E-state index contributed by atoms with van der Waals surface area (Å²) >= 11 is 2.27. The summed E-state index contributed by atoms with van der Waals surface area (Å²) in [6.45, 7) is 5.62. The summed E-state index contributed by atoms with van der Waals surface area (Å²) in [4.78, 5) is 0. The number of hydrogen-bond donors (Lipinski definition) is 1. The van der Waals surface area contributed by atoms with Crippen LogP contribution in [0.5, 0.6) is 0 Å². The van der Waals surface area contributed by atoms with Crippen LogP contribution in [0.1, 0.15) is 0 Å². The lowest BCUT2D eigenvalue weighted by Crippen LogP contribution is -1.86. The molecule has 0 aromatic heterocycles.